The fraction of sp³-hybridized carbons (Fsp3) is 0.400. The average molecular weight is 194 g/mol. The molecule has 0 saturated carbocycles. The number of benzene rings is 1. The third kappa shape index (κ3) is 0.944. The molecule has 0 aromatic heterocycles. The highest BCUT2D eigenvalue weighted by atomic mass is 32.2. The van der Waals surface area contributed by atoms with Gasteiger partial charge in [-0.15, -0.1) is 0 Å². The molecule has 1 aromatic carbocycles. The van der Waals surface area contributed by atoms with Crippen molar-refractivity contribution < 1.29 is 0 Å². The van der Waals surface area contributed by atoms with Gasteiger partial charge in [0.15, 0.2) is 0 Å². The summed E-state index contributed by atoms with van der Waals surface area (Å²) in [4.78, 5) is 0. The van der Waals surface area contributed by atoms with Crippen molar-refractivity contribution in [3.63, 3.8) is 0 Å². The molecule has 3 rings (SSSR count). The second-order valence-electron chi connectivity index (χ2n) is 3.33. The molecule has 0 aliphatic carbocycles. The Morgan fingerprint density at radius 3 is 1.75 bits per heavy atom. The molecule has 0 nitrogen and oxygen atoms in total. The van der Waals surface area contributed by atoms with E-state index < -0.39 is 0 Å². The smallest absolute Gasteiger partial charge is 0.0194 e. The van der Waals surface area contributed by atoms with Crippen LogP contribution < -0.4 is 0 Å². The highest BCUT2D eigenvalue weighted by molar-refractivity contribution is 7.98. The SMILES string of the molecule is c1cc2c(c3c1CSC3)CSC2. The van der Waals surface area contributed by atoms with E-state index in [1.54, 1.807) is 22.3 Å². The molecule has 0 radical (unpaired) electrons. The van der Waals surface area contributed by atoms with Gasteiger partial charge in [-0.1, -0.05) is 12.1 Å². The molecular formula is C10H10S2. The minimum Gasteiger partial charge on any atom is -0.152 e. The van der Waals surface area contributed by atoms with E-state index in [9.17, 15) is 0 Å². The first-order chi connectivity index (χ1) is 5.95. The number of hydrogen-bond donors (Lipinski definition) is 0. The summed E-state index contributed by atoms with van der Waals surface area (Å²) in [7, 11) is 0. The summed E-state index contributed by atoms with van der Waals surface area (Å²) >= 11 is 4.12. The van der Waals surface area contributed by atoms with Crippen molar-refractivity contribution in [1.82, 2.24) is 0 Å². The third-order valence-electron chi connectivity index (χ3n) is 2.63. The van der Waals surface area contributed by atoms with Crippen LogP contribution in [-0.4, -0.2) is 0 Å². The highest BCUT2D eigenvalue weighted by Gasteiger charge is 2.20. The molecule has 0 unspecified atom stereocenters. The van der Waals surface area contributed by atoms with Crippen molar-refractivity contribution in [2.24, 2.45) is 0 Å². The first-order valence-electron chi connectivity index (χ1n) is 4.23. The van der Waals surface area contributed by atoms with E-state index in [0.717, 1.165) is 0 Å². The second kappa shape index (κ2) is 2.71. The maximum absolute atomic E-state index is 2.33. The number of rotatable bonds is 0. The molecule has 1 aromatic rings. The fourth-order valence-corrected chi connectivity index (χ4v) is 4.26. The second-order valence-corrected chi connectivity index (χ2v) is 5.30. The lowest BCUT2D eigenvalue weighted by molar-refractivity contribution is 1.22. The summed E-state index contributed by atoms with van der Waals surface area (Å²) in [5.74, 6) is 5.01. The summed E-state index contributed by atoms with van der Waals surface area (Å²) in [6.45, 7) is 0. The molecule has 0 spiro atoms. The van der Waals surface area contributed by atoms with Crippen molar-refractivity contribution in [2.75, 3.05) is 0 Å². The van der Waals surface area contributed by atoms with Gasteiger partial charge in [-0.2, -0.15) is 23.5 Å². The van der Waals surface area contributed by atoms with Crippen LogP contribution in [0.1, 0.15) is 22.3 Å². The van der Waals surface area contributed by atoms with Crippen LogP contribution in [0.5, 0.6) is 0 Å². The van der Waals surface area contributed by atoms with Crippen LogP contribution in [0.25, 0.3) is 0 Å². The van der Waals surface area contributed by atoms with E-state index in [4.69, 9.17) is 0 Å². The molecule has 2 heteroatoms. The molecule has 0 saturated heterocycles. The fourth-order valence-electron chi connectivity index (χ4n) is 1.95. The Balaban J connectivity index is 2.24. The Bertz CT molecular complexity index is 298. The molecule has 0 N–H and O–H groups in total. The van der Waals surface area contributed by atoms with Crippen LogP contribution in [0, 0.1) is 0 Å². The Morgan fingerprint density at radius 1 is 0.750 bits per heavy atom. The summed E-state index contributed by atoms with van der Waals surface area (Å²) in [5.41, 5.74) is 6.53. The first kappa shape index (κ1) is 7.34. The van der Waals surface area contributed by atoms with E-state index in [0.29, 0.717) is 0 Å². The van der Waals surface area contributed by atoms with E-state index >= 15 is 0 Å². The zero-order valence-electron chi connectivity index (χ0n) is 6.80. The largest absolute Gasteiger partial charge is 0.152 e. The molecule has 0 fully saturated rings. The Kier molecular flexibility index (Phi) is 1.66. The van der Waals surface area contributed by atoms with Crippen molar-refractivity contribution in [3.05, 3.63) is 34.4 Å². The van der Waals surface area contributed by atoms with Gasteiger partial charge >= 0.3 is 0 Å². The van der Waals surface area contributed by atoms with Crippen LogP contribution >= 0.6 is 23.5 Å². The lowest BCUT2D eigenvalue weighted by Crippen LogP contribution is -1.91. The summed E-state index contributed by atoms with van der Waals surface area (Å²) in [5, 5.41) is 0. The van der Waals surface area contributed by atoms with Gasteiger partial charge in [0.05, 0.1) is 0 Å². The van der Waals surface area contributed by atoms with Gasteiger partial charge in [0.2, 0.25) is 0 Å². The monoisotopic (exact) mass is 194 g/mol. The van der Waals surface area contributed by atoms with Gasteiger partial charge in [-0.3, -0.25) is 0 Å². The standard InChI is InChI=1S/C10H10S2/c1-2-8-4-12-6-10(8)9-5-11-3-7(1)9/h1-2H,3-6H2. The average Bonchev–Trinajstić information content (AvgIpc) is 2.71. The maximum atomic E-state index is 2.33. The minimum atomic E-state index is 1.24. The quantitative estimate of drug-likeness (QED) is 0.622. The lowest BCUT2D eigenvalue weighted by atomic mass is 10.0. The van der Waals surface area contributed by atoms with Crippen LogP contribution in [0.15, 0.2) is 12.1 Å². The summed E-state index contributed by atoms with van der Waals surface area (Å²) in [6, 6.07) is 4.67. The van der Waals surface area contributed by atoms with Gasteiger partial charge in [-0.25, -0.2) is 0 Å². The van der Waals surface area contributed by atoms with E-state index in [1.807, 2.05) is 0 Å². The van der Waals surface area contributed by atoms with Gasteiger partial charge in [0.25, 0.3) is 0 Å². The number of fused-ring (bicyclic) bond motifs is 3. The highest BCUT2D eigenvalue weighted by Crippen LogP contribution is 2.40. The molecule has 2 aliphatic rings. The van der Waals surface area contributed by atoms with Crippen LogP contribution in [0.2, 0.25) is 0 Å². The van der Waals surface area contributed by atoms with E-state index in [2.05, 4.69) is 35.7 Å². The van der Waals surface area contributed by atoms with Gasteiger partial charge in [0.1, 0.15) is 0 Å². The molecular weight excluding hydrogens is 184 g/mol. The Labute approximate surface area is 81.1 Å². The topological polar surface area (TPSA) is 0 Å². The van der Waals surface area contributed by atoms with E-state index in [1.165, 1.54) is 23.0 Å². The van der Waals surface area contributed by atoms with Crippen molar-refractivity contribution in [1.29, 1.82) is 0 Å². The number of hydrogen-bond acceptors (Lipinski definition) is 2. The molecule has 12 heavy (non-hydrogen) atoms. The lowest BCUT2D eigenvalue weighted by Gasteiger charge is -2.04. The molecule has 0 atom stereocenters. The van der Waals surface area contributed by atoms with Gasteiger partial charge in [-0.05, 0) is 22.3 Å². The zero-order chi connectivity index (χ0) is 7.97. The zero-order valence-corrected chi connectivity index (χ0v) is 8.43. The van der Waals surface area contributed by atoms with Crippen molar-refractivity contribution in [2.45, 2.75) is 23.0 Å². The van der Waals surface area contributed by atoms with Gasteiger partial charge < -0.3 is 0 Å². The normalized spacial score (nSPS) is 19.3. The molecule has 2 aliphatic heterocycles. The first-order valence-corrected chi connectivity index (χ1v) is 6.54. The van der Waals surface area contributed by atoms with Gasteiger partial charge in [0, 0.05) is 23.0 Å². The summed E-state index contributed by atoms with van der Waals surface area (Å²) < 4.78 is 0. The Morgan fingerprint density at radius 2 is 1.25 bits per heavy atom. The van der Waals surface area contributed by atoms with Crippen molar-refractivity contribution >= 4 is 23.5 Å². The number of thioether (sulfide) groups is 2. The molecule has 2 heterocycles. The molecule has 0 amide bonds. The van der Waals surface area contributed by atoms with Crippen LogP contribution in [0.4, 0.5) is 0 Å². The van der Waals surface area contributed by atoms with E-state index in [-0.39, 0.29) is 0 Å². The van der Waals surface area contributed by atoms with Crippen LogP contribution in [-0.2, 0) is 23.0 Å². The molecule has 0 bridgehead atoms. The summed E-state index contributed by atoms with van der Waals surface area (Å²) in [6.07, 6.45) is 0. The van der Waals surface area contributed by atoms with Crippen molar-refractivity contribution in [3.8, 4) is 0 Å². The predicted octanol–water partition coefficient (Wildman–Crippen LogP) is 3.18. The van der Waals surface area contributed by atoms with Crippen LogP contribution in [0.3, 0.4) is 0 Å². The third-order valence-corrected chi connectivity index (χ3v) is 4.65. The maximum Gasteiger partial charge on any atom is 0.0194 e. The molecule has 62 valence electrons. The Hall–Kier alpha value is -0.0800. The minimum absolute atomic E-state index is 1.24. The predicted molar refractivity (Wildman–Crippen MR) is 56.4 cm³/mol.